The van der Waals surface area contributed by atoms with Crippen LogP contribution < -0.4 is 20.3 Å². The summed E-state index contributed by atoms with van der Waals surface area (Å²) in [6, 6.07) is 11.0. The van der Waals surface area contributed by atoms with Gasteiger partial charge in [0.2, 0.25) is 11.9 Å². The highest BCUT2D eigenvalue weighted by atomic mass is 16.6. The first-order chi connectivity index (χ1) is 19.8. The third-order valence-corrected chi connectivity index (χ3v) is 6.90. The summed E-state index contributed by atoms with van der Waals surface area (Å²) in [7, 11) is 9.15. The zero-order valence-electron chi connectivity index (χ0n) is 25.3. The molecule has 12 nitrogen and oxygen atoms in total. The zero-order chi connectivity index (χ0) is 30.8. The van der Waals surface area contributed by atoms with Crippen LogP contribution in [0.3, 0.4) is 0 Å². The summed E-state index contributed by atoms with van der Waals surface area (Å²) in [5.74, 6) is 0.403. The minimum absolute atomic E-state index is 0. The Balaban J connectivity index is 0.00000506. The van der Waals surface area contributed by atoms with Crippen molar-refractivity contribution >= 4 is 45.5 Å². The van der Waals surface area contributed by atoms with E-state index in [4.69, 9.17) is 9.72 Å². The number of aromatic nitrogens is 3. The lowest BCUT2D eigenvalue weighted by Crippen LogP contribution is -2.29. The van der Waals surface area contributed by atoms with Crippen molar-refractivity contribution in [3.8, 4) is 17.0 Å². The van der Waals surface area contributed by atoms with Crippen LogP contribution in [0.2, 0.25) is 0 Å². The van der Waals surface area contributed by atoms with Gasteiger partial charge in [-0.05, 0) is 20.2 Å². The average molecular weight is 591 g/mol. The van der Waals surface area contributed by atoms with Crippen LogP contribution in [-0.2, 0) is 11.8 Å². The Bertz CT molecular complexity index is 1620. The number of ether oxygens (including phenoxy) is 1. The maximum Gasteiger partial charge on any atom is 0.294 e. The standard InChI is InChI=1S/C30H38N8O4.CH4/c1-30(2,3)28(39)32-22-17-31-29(34-27(22)20-18-37(7)23-12-10-9-11-19(20)23)33-21-15-25(38(40)41)24(16-26(21)42-8)36(6)14-13-35(4)5;/h9-12,15-18H,13-14H2,1-8H3,(H,32,39)(H,31,33,34);1H4. The van der Waals surface area contributed by atoms with Gasteiger partial charge in [-0.3, -0.25) is 14.9 Å². The molecule has 2 aromatic heterocycles. The summed E-state index contributed by atoms with van der Waals surface area (Å²) >= 11 is 0. The Labute approximate surface area is 252 Å². The summed E-state index contributed by atoms with van der Waals surface area (Å²) < 4.78 is 7.61. The number of methoxy groups -OCH3 is 1. The predicted octanol–water partition coefficient (Wildman–Crippen LogP) is 5.91. The average Bonchev–Trinajstić information content (AvgIpc) is 3.27. The normalized spacial score (nSPS) is 11.3. The molecular formula is C31H42N8O4. The second kappa shape index (κ2) is 13.1. The molecule has 43 heavy (non-hydrogen) atoms. The van der Waals surface area contributed by atoms with Crippen molar-refractivity contribution in [3.05, 3.63) is 58.9 Å². The van der Waals surface area contributed by atoms with E-state index in [9.17, 15) is 14.9 Å². The first-order valence-corrected chi connectivity index (χ1v) is 13.5. The molecule has 12 heteroatoms. The van der Waals surface area contributed by atoms with Gasteiger partial charge in [-0.2, -0.15) is 0 Å². The number of fused-ring (bicyclic) bond motifs is 1. The molecule has 0 saturated heterocycles. The van der Waals surface area contributed by atoms with Crippen LogP contribution in [0.25, 0.3) is 22.2 Å². The van der Waals surface area contributed by atoms with E-state index in [1.165, 1.54) is 13.2 Å². The number of nitrogens with zero attached hydrogens (tertiary/aromatic N) is 6. The molecule has 1 amide bonds. The fourth-order valence-electron chi connectivity index (χ4n) is 4.45. The summed E-state index contributed by atoms with van der Waals surface area (Å²) in [6.45, 7) is 6.80. The molecule has 0 atom stereocenters. The van der Waals surface area contributed by atoms with Gasteiger partial charge < -0.3 is 29.7 Å². The monoisotopic (exact) mass is 590 g/mol. The highest BCUT2D eigenvalue weighted by Crippen LogP contribution is 2.40. The number of benzene rings is 2. The number of nitro benzene ring substituents is 1. The van der Waals surface area contributed by atoms with Crippen LogP contribution >= 0.6 is 0 Å². The minimum atomic E-state index is -0.638. The Hall–Kier alpha value is -4.71. The number of aryl methyl sites for hydroxylation is 1. The van der Waals surface area contributed by atoms with Gasteiger partial charge in [0.05, 0.1) is 29.6 Å². The maximum absolute atomic E-state index is 12.9. The van der Waals surface area contributed by atoms with Crippen molar-refractivity contribution in [2.75, 3.05) is 56.9 Å². The zero-order valence-corrected chi connectivity index (χ0v) is 25.3. The number of carbonyl (C=O) groups is 1. The van der Waals surface area contributed by atoms with Gasteiger partial charge in [0, 0.05) is 67.4 Å². The van der Waals surface area contributed by atoms with Gasteiger partial charge >= 0.3 is 0 Å². The van der Waals surface area contributed by atoms with E-state index in [0.717, 1.165) is 23.0 Å². The van der Waals surface area contributed by atoms with Crippen LogP contribution in [-0.4, -0.2) is 71.6 Å². The number of hydrogen-bond donors (Lipinski definition) is 2. The number of para-hydroxylation sites is 1. The second-order valence-electron chi connectivity index (χ2n) is 11.5. The van der Waals surface area contributed by atoms with Gasteiger partial charge in [-0.1, -0.05) is 46.4 Å². The Kier molecular flexibility index (Phi) is 9.97. The fourth-order valence-corrected chi connectivity index (χ4v) is 4.45. The molecule has 0 spiro atoms. The minimum Gasteiger partial charge on any atom is -0.494 e. The molecule has 0 saturated carbocycles. The smallest absolute Gasteiger partial charge is 0.294 e. The van der Waals surface area contributed by atoms with Crippen molar-refractivity contribution in [1.82, 2.24) is 19.4 Å². The number of hydrogen-bond acceptors (Lipinski definition) is 9. The van der Waals surface area contributed by atoms with Gasteiger partial charge in [-0.15, -0.1) is 0 Å². The molecular weight excluding hydrogens is 548 g/mol. The van der Waals surface area contributed by atoms with Crippen molar-refractivity contribution < 1.29 is 14.5 Å². The first kappa shape index (κ1) is 32.8. The lowest BCUT2D eigenvalue weighted by atomic mass is 9.95. The lowest BCUT2D eigenvalue weighted by Gasteiger charge is -2.23. The number of nitrogens with one attached hydrogen (secondary N) is 2. The Morgan fingerprint density at radius 1 is 1.12 bits per heavy atom. The fraction of sp³-hybridized carbons (Fsp3) is 0.387. The van der Waals surface area contributed by atoms with E-state index in [2.05, 4.69) is 15.6 Å². The highest BCUT2D eigenvalue weighted by Gasteiger charge is 2.25. The molecule has 2 aromatic carbocycles. The molecule has 2 N–H and O–H groups in total. The SMILES string of the molecule is C.COc1cc(N(C)CCN(C)C)c([N+](=O)[O-])cc1Nc1ncc(NC(=O)C(C)(C)C)c(-c2cn(C)c3ccccc23)n1. The first-order valence-electron chi connectivity index (χ1n) is 13.5. The number of rotatable bonds is 10. The van der Waals surface area contributed by atoms with E-state index >= 15 is 0 Å². The van der Waals surface area contributed by atoms with Crippen LogP contribution in [0.15, 0.2) is 48.8 Å². The number of carbonyl (C=O) groups excluding carboxylic acids is 1. The quantitative estimate of drug-likeness (QED) is 0.171. The molecule has 0 radical (unpaired) electrons. The van der Waals surface area contributed by atoms with E-state index in [0.29, 0.717) is 35.1 Å². The molecule has 4 aromatic rings. The van der Waals surface area contributed by atoms with Crippen LogP contribution in [0.5, 0.6) is 5.75 Å². The van der Waals surface area contributed by atoms with E-state index in [1.54, 1.807) is 12.3 Å². The molecule has 0 aliphatic rings. The number of nitro groups is 1. The van der Waals surface area contributed by atoms with Gasteiger partial charge in [0.15, 0.2) is 0 Å². The van der Waals surface area contributed by atoms with E-state index < -0.39 is 10.3 Å². The van der Waals surface area contributed by atoms with E-state index in [1.807, 2.05) is 93.8 Å². The number of amides is 1. The van der Waals surface area contributed by atoms with Gasteiger partial charge in [0.1, 0.15) is 17.1 Å². The third-order valence-electron chi connectivity index (χ3n) is 6.90. The Morgan fingerprint density at radius 3 is 2.44 bits per heavy atom. The van der Waals surface area contributed by atoms with Crippen LogP contribution in [0.4, 0.5) is 28.7 Å². The molecule has 4 rings (SSSR count). The number of likely N-dealkylation sites (N-methyl/N-ethyl adjacent to an activating group) is 2. The summed E-state index contributed by atoms with van der Waals surface area (Å²) in [5, 5.41) is 19.1. The maximum atomic E-state index is 12.9. The summed E-state index contributed by atoms with van der Waals surface area (Å²) in [4.78, 5) is 37.7. The van der Waals surface area contributed by atoms with Crippen molar-refractivity contribution in [2.45, 2.75) is 28.2 Å². The molecule has 2 heterocycles. The molecule has 0 fully saturated rings. The Morgan fingerprint density at radius 2 is 1.81 bits per heavy atom. The largest absolute Gasteiger partial charge is 0.494 e. The second-order valence-corrected chi connectivity index (χ2v) is 11.5. The summed E-state index contributed by atoms with van der Waals surface area (Å²) in [6.07, 6.45) is 3.49. The van der Waals surface area contributed by atoms with Crippen molar-refractivity contribution in [3.63, 3.8) is 0 Å². The van der Waals surface area contributed by atoms with Crippen molar-refractivity contribution in [1.29, 1.82) is 0 Å². The molecule has 0 aliphatic heterocycles. The van der Waals surface area contributed by atoms with Crippen LogP contribution in [0, 0.1) is 15.5 Å². The summed E-state index contributed by atoms with van der Waals surface area (Å²) in [5.41, 5.74) is 2.82. The van der Waals surface area contributed by atoms with Crippen molar-refractivity contribution in [2.24, 2.45) is 12.5 Å². The predicted molar refractivity (Wildman–Crippen MR) is 174 cm³/mol. The molecule has 0 unspecified atom stereocenters. The molecule has 0 aliphatic carbocycles. The highest BCUT2D eigenvalue weighted by molar-refractivity contribution is 6.02. The van der Waals surface area contributed by atoms with Gasteiger partial charge in [-0.25, -0.2) is 9.97 Å². The van der Waals surface area contributed by atoms with Crippen LogP contribution in [0.1, 0.15) is 28.2 Å². The molecule has 230 valence electrons. The van der Waals surface area contributed by atoms with Gasteiger partial charge in [0.25, 0.3) is 5.69 Å². The topological polar surface area (TPSA) is 131 Å². The lowest BCUT2D eigenvalue weighted by molar-refractivity contribution is -0.384. The molecule has 0 bridgehead atoms. The van der Waals surface area contributed by atoms with E-state index in [-0.39, 0.29) is 25.0 Å². The number of anilines is 4. The third kappa shape index (κ3) is 7.20.